The summed E-state index contributed by atoms with van der Waals surface area (Å²) in [5, 5.41) is 2.93. The summed E-state index contributed by atoms with van der Waals surface area (Å²) in [6.45, 7) is 2.39. The van der Waals surface area contributed by atoms with E-state index in [2.05, 4.69) is 20.2 Å². The molecule has 2 saturated heterocycles. The van der Waals surface area contributed by atoms with Crippen LogP contribution in [-0.2, 0) is 26.1 Å². The molecule has 2 aliphatic rings. The highest BCUT2D eigenvalue weighted by Gasteiger charge is 2.35. The summed E-state index contributed by atoms with van der Waals surface area (Å²) in [5.41, 5.74) is 0.245. The largest absolute Gasteiger partial charge is 0.493 e. The first-order valence-corrected chi connectivity index (χ1v) is 15.2. The number of nitrogens with one attached hydrogen (secondary N) is 1. The Bertz CT molecular complexity index is 1280. The number of carbonyl (C=O) groups is 2. The van der Waals surface area contributed by atoms with Crippen LogP contribution in [-0.4, -0.2) is 84.7 Å². The Balaban J connectivity index is 1.11. The van der Waals surface area contributed by atoms with E-state index in [-0.39, 0.29) is 37.5 Å². The molecule has 11 nitrogen and oxygen atoms in total. The van der Waals surface area contributed by atoms with Crippen LogP contribution in [0.25, 0.3) is 0 Å². The second-order valence-corrected chi connectivity index (χ2v) is 12.1. The molecule has 3 heterocycles. The number of hydrogen-bond donors (Lipinski definition) is 2. The third-order valence-corrected chi connectivity index (χ3v) is 8.08. The summed E-state index contributed by atoms with van der Waals surface area (Å²) in [7, 11) is -4.15. The molecule has 0 atom stereocenters. The standard InChI is InChI=1S/C26H33ClFN5O6S/c27-21-14-30-26(31-15-21)32-8-5-18(6-9-32)2-1-10-39-22-4-3-19(23(28)13-22)12-24(34)33-16-20(17-33)25(35)29-7-11-40(36,37)38/h3-4,13-15,18,20H,1-2,5-12,16-17H2,(H,29,35)(H,36,37,38). The molecular formula is C26H33ClFN5O6S. The van der Waals surface area contributed by atoms with Gasteiger partial charge in [-0.05, 0) is 43.2 Å². The van der Waals surface area contributed by atoms with Gasteiger partial charge in [0, 0.05) is 38.8 Å². The van der Waals surface area contributed by atoms with Crippen LogP contribution in [0.4, 0.5) is 10.3 Å². The van der Waals surface area contributed by atoms with Crippen LogP contribution < -0.4 is 15.0 Å². The van der Waals surface area contributed by atoms with Crippen molar-refractivity contribution in [3.05, 3.63) is 47.0 Å². The van der Waals surface area contributed by atoms with Crippen molar-refractivity contribution < 1.29 is 31.7 Å². The number of aromatic nitrogens is 2. The first-order valence-electron chi connectivity index (χ1n) is 13.2. The minimum atomic E-state index is -4.15. The van der Waals surface area contributed by atoms with Crippen molar-refractivity contribution in [3.63, 3.8) is 0 Å². The van der Waals surface area contributed by atoms with Crippen molar-refractivity contribution in [2.45, 2.75) is 32.1 Å². The Kier molecular flexibility index (Phi) is 10.1. The van der Waals surface area contributed by atoms with Crippen molar-refractivity contribution in [1.29, 1.82) is 0 Å². The van der Waals surface area contributed by atoms with E-state index in [1.165, 1.54) is 17.0 Å². The van der Waals surface area contributed by atoms with E-state index in [0.717, 1.165) is 38.8 Å². The van der Waals surface area contributed by atoms with Gasteiger partial charge < -0.3 is 19.9 Å². The number of anilines is 1. The van der Waals surface area contributed by atoms with Gasteiger partial charge in [0.05, 0.1) is 42.1 Å². The molecule has 0 radical (unpaired) electrons. The summed E-state index contributed by atoms with van der Waals surface area (Å²) in [4.78, 5) is 36.7. The van der Waals surface area contributed by atoms with Crippen LogP contribution in [0.3, 0.4) is 0 Å². The summed E-state index contributed by atoms with van der Waals surface area (Å²) >= 11 is 5.86. The fourth-order valence-corrected chi connectivity index (χ4v) is 5.24. The van der Waals surface area contributed by atoms with Gasteiger partial charge in [-0.3, -0.25) is 14.1 Å². The molecule has 1 aromatic carbocycles. The maximum atomic E-state index is 14.6. The smallest absolute Gasteiger partial charge is 0.266 e. The van der Waals surface area contributed by atoms with E-state index < -0.39 is 33.5 Å². The average molecular weight is 598 g/mol. The number of likely N-dealkylation sites (tertiary alicyclic amines) is 1. The highest BCUT2D eigenvalue weighted by molar-refractivity contribution is 7.85. The van der Waals surface area contributed by atoms with E-state index in [4.69, 9.17) is 20.9 Å². The lowest BCUT2D eigenvalue weighted by Gasteiger charge is -2.38. The molecule has 2 aromatic rings. The van der Waals surface area contributed by atoms with Crippen LogP contribution in [0.5, 0.6) is 5.75 Å². The van der Waals surface area contributed by atoms with Crippen LogP contribution in [0.2, 0.25) is 5.02 Å². The van der Waals surface area contributed by atoms with E-state index >= 15 is 0 Å². The zero-order valence-electron chi connectivity index (χ0n) is 22.0. The van der Waals surface area contributed by atoms with Gasteiger partial charge in [0.15, 0.2) is 0 Å². The maximum Gasteiger partial charge on any atom is 0.266 e. The monoisotopic (exact) mass is 597 g/mol. The Morgan fingerprint density at radius 3 is 2.52 bits per heavy atom. The van der Waals surface area contributed by atoms with Gasteiger partial charge in [-0.25, -0.2) is 14.4 Å². The lowest BCUT2D eigenvalue weighted by molar-refractivity contribution is -0.142. The molecule has 2 amide bonds. The number of hydrogen-bond acceptors (Lipinski definition) is 8. The zero-order valence-corrected chi connectivity index (χ0v) is 23.5. The molecule has 0 unspecified atom stereocenters. The molecule has 0 bridgehead atoms. The first kappa shape index (κ1) is 29.9. The summed E-state index contributed by atoms with van der Waals surface area (Å²) in [5.74, 6) is -0.559. The molecule has 4 rings (SSSR count). The third kappa shape index (κ3) is 8.73. The number of carbonyl (C=O) groups excluding carboxylic acids is 2. The number of nitrogens with zero attached hydrogens (tertiary/aromatic N) is 4. The first-order chi connectivity index (χ1) is 19.1. The van der Waals surface area contributed by atoms with E-state index in [1.807, 2.05) is 0 Å². The van der Waals surface area contributed by atoms with Crippen LogP contribution in [0.15, 0.2) is 30.6 Å². The fourth-order valence-electron chi connectivity index (χ4n) is 4.78. The van der Waals surface area contributed by atoms with Crippen LogP contribution in [0.1, 0.15) is 31.2 Å². The second kappa shape index (κ2) is 13.6. The predicted molar refractivity (Wildman–Crippen MR) is 146 cm³/mol. The summed E-state index contributed by atoms with van der Waals surface area (Å²) in [6, 6.07) is 4.48. The van der Waals surface area contributed by atoms with Crippen molar-refractivity contribution in [1.82, 2.24) is 20.2 Å². The molecule has 0 saturated carbocycles. The Morgan fingerprint density at radius 2 is 1.88 bits per heavy atom. The topological polar surface area (TPSA) is 142 Å². The van der Waals surface area contributed by atoms with Crippen LogP contribution >= 0.6 is 11.6 Å². The normalized spacial score (nSPS) is 16.5. The number of rotatable bonds is 12. The molecule has 1 aromatic heterocycles. The van der Waals surface area contributed by atoms with Gasteiger partial charge in [0.25, 0.3) is 10.1 Å². The highest BCUT2D eigenvalue weighted by atomic mass is 35.5. The quantitative estimate of drug-likeness (QED) is 0.278. The molecule has 0 aliphatic carbocycles. The number of amides is 2. The molecule has 14 heteroatoms. The van der Waals surface area contributed by atoms with E-state index in [1.54, 1.807) is 18.5 Å². The predicted octanol–water partition coefficient (Wildman–Crippen LogP) is 2.35. The van der Waals surface area contributed by atoms with Crippen LogP contribution in [0, 0.1) is 17.7 Å². The molecular weight excluding hydrogens is 565 g/mol. The maximum absolute atomic E-state index is 14.6. The highest BCUT2D eigenvalue weighted by Crippen LogP contribution is 2.25. The molecule has 2 aliphatic heterocycles. The van der Waals surface area contributed by atoms with Gasteiger partial charge >= 0.3 is 0 Å². The SMILES string of the molecule is O=C(NCCS(=O)(=O)O)C1CN(C(=O)Cc2ccc(OCCCC3CCN(c4ncc(Cl)cn4)CC3)cc2F)C1. The van der Waals surface area contributed by atoms with Gasteiger partial charge in [-0.15, -0.1) is 0 Å². The Morgan fingerprint density at radius 1 is 1.18 bits per heavy atom. The number of halogens is 2. The molecule has 0 spiro atoms. The van der Waals surface area contributed by atoms with E-state index in [0.29, 0.717) is 29.2 Å². The Labute approximate surface area is 237 Å². The van der Waals surface area contributed by atoms with Crippen molar-refractivity contribution in [3.8, 4) is 5.75 Å². The summed E-state index contributed by atoms with van der Waals surface area (Å²) < 4.78 is 50.5. The molecule has 40 heavy (non-hydrogen) atoms. The number of piperidine rings is 1. The average Bonchev–Trinajstić information content (AvgIpc) is 2.87. The van der Waals surface area contributed by atoms with Gasteiger partial charge in [0.1, 0.15) is 11.6 Å². The third-order valence-electron chi connectivity index (χ3n) is 7.16. The molecule has 2 N–H and O–H groups in total. The van der Waals surface area contributed by atoms with Gasteiger partial charge in [-0.2, -0.15) is 8.42 Å². The van der Waals surface area contributed by atoms with Crippen molar-refractivity contribution in [2.24, 2.45) is 11.8 Å². The Hall–Kier alpha value is -3.03. The lowest BCUT2D eigenvalue weighted by atomic mass is 9.92. The van der Waals surface area contributed by atoms with E-state index in [9.17, 15) is 22.4 Å². The van der Waals surface area contributed by atoms with Crippen molar-refractivity contribution >= 4 is 39.5 Å². The van der Waals surface area contributed by atoms with Gasteiger partial charge in [-0.1, -0.05) is 17.7 Å². The summed E-state index contributed by atoms with van der Waals surface area (Å²) in [6.07, 6.45) is 7.02. The number of benzene rings is 1. The lowest BCUT2D eigenvalue weighted by Crippen LogP contribution is -2.56. The number of ether oxygens (including phenoxy) is 1. The molecule has 218 valence electrons. The molecule has 2 fully saturated rings. The van der Waals surface area contributed by atoms with Crippen molar-refractivity contribution in [2.75, 3.05) is 50.0 Å². The minimum absolute atomic E-state index is 0.136. The van der Waals surface area contributed by atoms with Gasteiger partial charge in [0.2, 0.25) is 17.8 Å². The zero-order chi connectivity index (χ0) is 28.7. The fraction of sp³-hybridized carbons (Fsp3) is 0.538. The minimum Gasteiger partial charge on any atom is -0.493 e. The second-order valence-electron chi connectivity index (χ2n) is 10.1.